The van der Waals surface area contributed by atoms with Crippen molar-refractivity contribution in [1.29, 1.82) is 0 Å². The van der Waals surface area contributed by atoms with E-state index in [-0.39, 0.29) is 29.7 Å². The molecule has 2 rings (SSSR count). The second-order valence-corrected chi connectivity index (χ2v) is 7.56. The van der Waals surface area contributed by atoms with Crippen LogP contribution in [0.5, 0.6) is 0 Å². The average molecular weight is 386 g/mol. The second-order valence-electron chi connectivity index (χ2n) is 4.15. The number of hydrogen-bond donors (Lipinski definition) is 0. The molecule has 2 aromatic carbocycles. The van der Waals surface area contributed by atoms with Gasteiger partial charge in [-0.1, -0.05) is 36.4 Å². The monoisotopic (exact) mass is 386 g/mol. The van der Waals surface area contributed by atoms with Crippen LogP contribution >= 0.6 is 7.26 Å². The van der Waals surface area contributed by atoms with Crippen molar-refractivity contribution in [2.45, 2.75) is 0 Å². The van der Waals surface area contributed by atoms with Crippen LogP contribution in [0.1, 0.15) is 0 Å². The largest absolute Gasteiger partial charge is 1.00 e. The molecule has 0 unspecified atom stereocenters. The number of carbonyl (C=O) groups is 1. The van der Waals surface area contributed by atoms with Gasteiger partial charge in [-0.25, -0.2) is 4.79 Å². The van der Waals surface area contributed by atoms with Gasteiger partial charge in [0.05, 0.1) is 13.8 Å². The lowest BCUT2D eigenvalue weighted by atomic mass is 10.4. The molecule has 0 saturated heterocycles. The lowest BCUT2D eigenvalue weighted by Crippen LogP contribution is -3.00. The van der Waals surface area contributed by atoms with E-state index in [0.29, 0.717) is 0 Å². The van der Waals surface area contributed by atoms with E-state index in [0.717, 1.165) is 10.6 Å². The van der Waals surface area contributed by atoms with Gasteiger partial charge in [-0.15, -0.1) is 0 Å². The topological polar surface area (TPSA) is 26.3 Å². The highest BCUT2D eigenvalue weighted by Crippen LogP contribution is 2.54. The Morgan fingerprint density at radius 2 is 1.26 bits per heavy atom. The molecular weight excluding hydrogens is 370 g/mol. The number of carbonyl (C=O) groups excluding carboxylic acids is 1. The molecule has 2 aromatic rings. The number of ether oxygens (including phenoxy) is 1. The fourth-order valence-electron chi connectivity index (χ4n) is 1.99. The maximum absolute atomic E-state index is 12.3. The third kappa shape index (κ3) is 3.15. The molecule has 0 atom stereocenters. The molecule has 0 aromatic heterocycles. The SMILES string of the molecule is COC(=O)[P+](C)(c1ccccc1)c1ccccc1.[I-]. The van der Waals surface area contributed by atoms with E-state index in [9.17, 15) is 4.79 Å². The summed E-state index contributed by atoms with van der Waals surface area (Å²) in [6, 6.07) is 19.7. The van der Waals surface area contributed by atoms with Crippen LogP contribution in [0, 0.1) is 0 Å². The van der Waals surface area contributed by atoms with Gasteiger partial charge in [-0.2, -0.15) is 0 Å². The van der Waals surface area contributed by atoms with Crippen molar-refractivity contribution in [3.63, 3.8) is 0 Å². The minimum atomic E-state index is -2.13. The molecule has 0 bridgehead atoms. The highest BCUT2D eigenvalue weighted by atomic mass is 127. The van der Waals surface area contributed by atoms with Crippen LogP contribution in [0.15, 0.2) is 60.7 Å². The van der Waals surface area contributed by atoms with Gasteiger partial charge in [0, 0.05) is 0 Å². The van der Waals surface area contributed by atoms with Crippen LogP contribution in [0.3, 0.4) is 0 Å². The van der Waals surface area contributed by atoms with E-state index < -0.39 is 7.26 Å². The minimum absolute atomic E-state index is 0. The van der Waals surface area contributed by atoms with Crippen molar-refractivity contribution in [2.75, 3.05) is 13.8 Å². The predicted octanol–water partition coefficient (Wildman–Crippen LogP) is 0.0552. The number of benzene rings is 2. The molecule has 0 radical (unpaired) electrons. The van der Waals surface area contributed by atoms with Crippen molar-refractivity contribution < 1.29 is 33.5 Å². The standard InChI is InChI=1S/C15H16O2P.HI/c1-17-15(16)18(2,13-9-5-3-6-10-13)14-11-7-4-8-12-14;/h3-12H,1-2H3;1H/q+1;/p-1. The fraction of sp³-hybridized carbons (Fsp3) is 0.133. The lowest BCUT2D eigenvalue weighted by Gasteiger charge is -2.18. The quantitative estimate of drug-likeness (QED) is 0.551. The third-order valence-electron chi connectivity index (χ3n) is 3.08. The van der Waals surface area contributed by atoms with Gasteiger partial charge in [0.15, 0.2) is 7.26 Å². The molecule has 0 heterocycles. The molecule has 100 valence electrons. The summed E-state index contributed by atoms with van der Waals surface area (Å²) >= 11 is 0. The third-order valence-corrected chi connectivity index (χ3v) is 6.66. The van der Waals surface area contributed by atoms with Crippen LogP contribution in [0.25, 0.3) is 0 Å². The van der Waals surface area contributed by atoms with Crippen molar-refractivity contribution in [3.05, 3.63) is 60.7 Å². The van der Waals surface area contributed by atoms with Gasteiger partial charge in [0.25, 0.3) is 0 Å². The maximum Gasteiger partial charge on any atom is 0.460 e. The van der Waals surface area contributed by atoms with E-state index in [4.69, 9.17) is 4.74 Å². The smallest absolute Gasteiger partial charge is 0.460 e. The fourth-order valence-corrected chi connectivity index (χ4v) is 4.62. The zero-order chi connectivity index (χ0) is 13.0. The van der Waals surface area contributed by atoms with Crippen molar-refractivity contribution in [1.82, 2.24) is 0 Å². The summed E-state index contributed by atoms with van der Waals surface area (Å²) in [6.07, 6.45) is 0. The molecule has 0 saturated carbocycles. The second kappa shape index (κ2) is 7.01. The molecular formula is C15H16IO2P. The van der Waals surface area contributed by atoms with E-state index in [1.54, 1.807) is 0 Å². The Bertz CT molecular complexity index is 489. The molecule has 4 heteroatoms. The highest BCUT2D eigenvalue weighted by Gasteiger charge is 2.47. The van der Waals surface area contributed by atoms with Crippen LogP contribution < -0.4 is 34.6 Å². The first-order valence-corrected chi connectivity index (χ1v) is 7.99. The summed E-state index contributed by atoms with van der Waals surface area (Å²) < 4.78 is 5.03. The highest BCUT2D eigenvalue weighted by molar-refractivity contribution is 8.01. The summed E-state index contributed by atoms with van der Waals surface area (Å²) in [5, 5.41) is 2.09. The molecule has 0 N–H and O–H groups in total. The van der Waals surface area contributed by atoms with Gasteiger partial charge in [-0.3, -0.25) is 0 Å². The van der Waals surface area contributed by atoms with Gasteiger partial charge < -0.3 is 28.7 Å². The summed E-state index contributed by atoms with van der Waals surface area (Å²) in [5.74, 6) is 0. The summed E-state index contributed by atoms with van der Waals surface area (Å²) in [5.41, 5.74) is -0.139. The summed E-state index contributed by atoms with van der Waals surface area (Å²) in [4.78, 5) is 12.3. The summed E-state index contributed by atoms with van der Waals surface area (Å²) in [7, 11) is -0.675. The molecule has 0 fully saturated rings. The van der Waals surface area contributed by atoms with E-state index in [2.05, 4.69) is 0 Å². The van der Waals surface area contributed by atoms with Gasteiger partial charge in [0.1, 0.15) is 10.6 Å². The Morgan fingerprint density at radius 3 is 1.58 bits per heavy atom. The van der Waals surface area contributed by atoms with Crippen LogP contribution in [-0.2, 0) is 4.74 Å². The number of rotatable bonds is 3. The van der Waals surface area contributed by atoms with Crippen molar-refractivity contribution in [3.8, 4) is 0 Å². The Balaban J connectivity index is 0.00000180. The molecule has 0 aliphatic carbocycles. The predicted molar refractivity (Wildman–Crippen MR) is 77.4 cm³/mol. The summed E-state index contributed by atoms with van der Waals surface area (Å²) in [6.45, 7) is 2.00. The first-order valence-electron chi connectivity index (χ1n) is 5.76. The number of hydrogen-bond acceptors (Lipinski definition) is 2. The normalized spacial score (nSPS) is 10.4. The van der Waals surface area contributed by atoms with Crippen molar-refractivity contribution in [2.24, 2.45) is 0 Å². The minimum Gasteiger partial charge on any atom is -1.00 e. The number of methoxy groups -OCH3 is 1. The lowest BCUT2D eigenvalue weighted by molar-refractivity contribution is -0.00000761. The molecule has 2 nitrogen and oxygen atoms in total. The molecule has 19 heavy (non-hydrogen) atoms. The van der Waals surface area contributed by atoms with Crippen molar-refractivity contribution >= 4 is 23.6 Å². The maximum atomic E-state index is 12.3. The Kier molecular flexibility index (Phi) is 5.95. The van der Waals surface area contributed by atoms with Gasteiger partial charge in [-0.05, 0) is 24.3 Å². The van der Waals surface area contributed by atoms with E-state index >= 15 is 0 Å². The zero-order valence-electron chi connectivity index (χ0n) is 10.9. The van der Waals surface area contributed by atoms with Gasteiger partial charge >= 0.3 is 5.71 Å². The Labute approximate surface area is 131 Å². The molecule has 0 aliphatic rings. The van der Waals surface area contributed by atoms with Crippen LogP contribution in [0.4, 0.5) is 4.79 Å². The van der Waals surface area contributed by atoms with E-state index in [1.165, 1.54) is 7.11 Å². The van der Waals surface area contributed by atoms with Gasteiger partial charge in [0.2, 0.25) is 0 Å². The number of halogens is 1. The Morgan fingerprint density at radius 1 is 0.895 bits per heavy atom. The molecule has 0 amide bonds. The van der Waals surface area contributed by atoms with Crippen LogP contribution in [-0.4, -0.2) is 19.5 Å². The van der Waals surface area contributed by atoms with Crippen LogP contribution in [0.2, 0.25) is 0 Å². The molecule has 0 spiro atoms. The zero-order valence-corrected chi connectivity index (χ0v) is 14.0. The van der Waals surface area contributed by atoms with E-state index in [1.807, 2.05) is 67.3 Å². The average Bonchev–Trinajstić information content (AvgIpc) is 2.47. The molecule has 0 aliphatic heterocycles. The first-order chi connectivity index (χ1) is 8.69. The first kappa shape index (κ1) is 16.1. The Hall–Kier alpha value is -0.930.